The van der Waals surface area contributed by atoms with Gasteiger partial charge in [-0.15, -0.1) is 0 Å². The van der Waals surface area contributed by atoms with Crippen molar-refractivity contribution < 1.29 is 19.4 Å². The lowest BCUT2D eigenvalue weighted by atomic mass is 9.78. The van der Waals surface area contributed by atoms with E-state index in [1.165, 1.54) is 12.8 Å². The predicted octanol–water partition coefficient (Wildman–Crippen LogP) is 4.22. The van der Waals surface area contributed by atoms with Crippen molar-refractivity contribution in [1.82, 2.24) is 0 Å². The third-order valence-electron chi connectivity index (χ3n) is 6.50. The summed E-state index contributed by atoms with van der Waals surface area (Å²) in [7, 11) is 1.63. The minimum absolute atomic E-state index is 0.164. The number of rotatable bonds is 5. The molecule has 3 aliphatic carbocycles. The number of fused-ring (bicyclic) bond motifs is 1. The van der Waals surface area contributed by atoms with Crippen molar-refractivity contribution in [2.75, 3.05) is 7.11 Å². The molecule has 0 heterocycles. The Morgan fingerprint density at radius 2 is 2.04 bits per heavy atom. The van der Waals surface area contributed by atoms with Gasteiger partial charge < -0.3 is 14.6 Å². The van der Waals surface area contributed by atoms with Crippen molar-refractivity contribution in [2.45, 2.75) is 56.5 Å². The summed E-state index contributed by atoms with van der Waals surface area (Å²) >= 11 is 0. The Bertz CT molecular complexity index is 818. The Kier molecular flexibility index (Phi) is 4.59. The molecule has 1 aromatic rings. The Hall–Kier alpha value is -2.48. The first kappa shape index (κ1) is 17.9. The van der Waals surface area contributed by atoms with Crippen LogP contribution in [0.4, 0.5) is 0 Å². The topological polar surface area (TPSA) is 79.5 Å². The largest absolute Gasteiger partial charge is 0.493 e. The van der Waals surface area contributed by atoms with Crippen molar-refractivity contribution in [3.8, 4) is 17.6 Å². The van der Waals surface area contributed by atoms with E-state index in [2.05, 4.69) is 6.07 Å². The second-order valence-electron chi connectivity index (χ2n) is 8.12. The van der Waals surface area contributed by atoms with Crippen LogP contribution in [-0.4, -0.2) is 24.3 Å². The van der Waals surface area contributed by atoms with Gasteiger partial charge in [-0.25, -0.2) is 4.79 Å². The molecule has 0 aromatic heterocycles. The first-order valence-corrected chi connectivity index (χ1v) is 9.75. The Morgan fingerprint density at radius 1 is 1.26 bits per heavy atom. The molecule has 5 heteroatoms. The van der Waals surface area contributed by atoms with Gasteiger partial charge in [-0.3, -0.25) is 0 Å². The summed E-state index contributed by atoms with van der Waals surface area (Å²) in [6, 6.07) is 8.39. The minimum Gasteiger partial charge on any atom is -0.493 e. The monoisotopic (exact) mass is 367 g/mol. The average Bonchev–Trinajstić information content (AvgIpc) is 3.36. The van der Waals surface area contributed by atoms with Gasteiger partial charge in [0.2, 0.25) is 0 Å². The van der Waals surface area contributed by atoms with Crippen LogP contribution >= 0.6 is 0 Å². The van der Waals surface area contributed by atoms with Crippen molar-refractivity contribution in [3.63, 3.8) is 0 Å². The fourth-order valence-electron chi connectivity index (χ4n) is 5.08. The van der Waals surface area contributed by atoms with E-state index in [9.17, 15) is 15.2 Å². The summed E-state index contributed by atoms with van der Waals surface area (Å²) in [5.41, 5.74) is 0.866. The van der Waals surface area contributed by atoms with Crippen LogP contribution in [0.2, 0.25) is 0 Å². The lowest BCUT2D eigenvalue weighted by molar-refractivity contribution is -0.132. The summed E-state index contributed by atoms with van der Waals surface area (Å²) in [6.45, 7) is 0. The van der Waals surface area contributed by atoms with E-state index in [4.69, 9.17) is 9.47 Å². The molecule has 27 heavy (non-hydrogen) atoms. The van der Waals surface area contributed by atoms with E-state index < -0.39 is 11.4 Å². The van der Waals surface area contributed by atoms with Crippen LogP contribution in [-0.2, 0) is 10.2 Å². The number of carboxylic acid groups (broad SMARTS) is 1. The molecule has 3 aliphatic rings. The summed E-state index contributed by atoms with van der Waals surface area (Å²) in [5.74, 6) is 0.984. The molecule has 142 valence electrons. The fourth-order valence-corrected chi connectivity index (χ4v) is 5.08. The van der Waals surface area contributed by atoms with Crippen LogP contribution in [0.1, 0.15) is 50.5 Å². The van der Waals surface area contributed by atoms with Crippen LogP contribution in [0, 0.1) is 23.2 Å². The smallest absolute Gasteiger partial charge is 0.331 e. The quantitative estimate of drug-likeness (QED) is 0.843. The molecule has 4 rings (SSSR count). The van der Waals surface area contributed by atoms with E-state index in [1.54, 1.807) is 7.11 Å². The van der Waals surface area contributed by atoms with Crippen molar-refractivity contribution in [1.29, 1.82) is 5.26 Å². The maximum absolute atomic E-state index is 11.2. The summed E-state index contributed by atoms with van der Waals surface area (Å²) in [5, 5.41) is 19.3. The minimum atomic E-state index is -0.830. The number of carboxylic acids is 1. The number of nitrogens with zero attached hydrogens (tertiary/aromatic N) is 1. The van der Waals surface area contributed by atoms with Crippen LogP contribution in [0.3, 0.4) is 0 Å². The Labute approximate surface area is 159 Å². The molecule has 5 nitrogen and oxygen atoms in total. The lowest BCUT2D eigenvalue weighted by Crippen LogP contribution is -2.22. The molecule has 0 saturated heterocycles. The number of hydrogen-bond acceptors (Lipinski definition) is 4. The van der Waals surface area contributed by atoms with Gasteiger partial charge >= 0.3 is 5.97 Å². The molecule has 2 saturated carbocycles. The Morgan fingerprint density at radius 3 is 2.67 bits per heavy atom. The molecule has 0 spiro atoms. The predicted molar refractivity (Wildman–Crippen MR) is 99.7 cm³/mol. The van der Waals surface area contributed by atoms with Crippen molar-refractivity contribution >= 4 is 5.97 Å². The zero-order valence-electron chi connectivity index (χ0n) is 15.6. The van der Waals surface area contributed by atoms with Gasteiger partial charge in [-0.1, -0.05) is 12.1 Å². The van der Waals surface area contributed by atoms with Gasteiger partial charge in [0.1, 0.15) is 0 Å². The van der Waals surface area contributed by atoms with E-state index in [-0.39, 0.29) is 17.9 Å². The highest BCUT2D eigenvalue weighted by atomic mass is 16.5. The van der Waals surface area contributed by atoms with Gasteiger partial charge in [0.25, 0.3) is 0 Å². The SMILES string of the molecule is COc1ccc([C@]2(C#N)C[C@H]3CC(C(=O)O)=C[C@H]3C2)cc1OC1CCCC1. The Balaban J connectivity index is 1.62. The molecule has 1 aromatic carbocycles. The molecule has 1 N–H and O–H groups in total. The standard InChI is InChI=1S/C22H25NO4/c1-26-19-7-6-17(10-20(19)27-18-4-2-3-5-18)22(13-23)11-15-8-14(21(24)25)9-16(15)12-22/h6-8,10,15-16,18H,2-5,9,11-12H2,1H3,(H,24,25)/t15-,16+,22-/m0/s1. The zero-order valence-corrected chi connectivity index (χ0v) is 15.6. The van der Waals surface area contributed by atoms with Crippen molar-refractivity contribution in [2.24, 2.45) is 11.8 Å². The number of allylic oxidation sites excluding steroid dienone is 1. The van der Waals surface area contributed by atoms with Crippen LogP contribution in [0.25, 0.3) is 0 Å². The number of benzene rings is 1. The summed E-state index contributed by atoms with van der Waals surface area (Å²) in [4.78, 5) is 11.2. The van der Waals surface area contributed by atoms with Crippen molar-refractivity contribution in [3.05, 3.63) is 35.4 Å². The number of methoxy groups -OCH3 is 1. The number of ether oxygens (including phenoxy) is 2. The van der Waals surface area contributed by atoms with Crippen LogP contribution in [0.5, 0.6) is 11.5 Å². The lowest BCUT2D eigenvalue weighted by Gasteiger charge is -2.24. The van der Waals surface area contributed by atoms with E-state index in [1.807, 2.05) is 24.3 Å². The highest BCUT2D eigenvalue weighted by Crippen LogP contribution is 2.53. The molecule has 0 unspecified atom stereocenters. The van der Waals surface area contributed by atoms with Gasteiger partial charge in [0.05, 0.1) is 24.7 Å². The van der Waals surface area contributed by atoms with Crippen LogP contribution < -0.4 is 9.47 Å². The highest BCUT2D eigenvalue weighted by Gasteiger charge is 2.49. The second kappa shape index (κ2) is 6.92. The summed E-state index contributed by atoms with van der Waals surface area (Å²) < 4.78 is 11.7. The molecule has 0 bridgehead atoms. The van der Waals surface area contributed by atoms with Gasteiger partial charge in [0, 0.05) is 5.57 Å². The maximum atomic E-state index is 11.2. The molecule has 0 radical (unpaired) electrons. The van der Waals surface area contributed by atoms with E-state index in [0.717, 1.165) is 24.2 Å². The van der Waals surface area contributed by atoms with Gasteiger partial charge in [0.15, 0.2) is 11.5 Å². The van der Waals surface area contributed by atoms with Gasteiger partial charge in [-0.2, -0.15) is 5.26 Å². The average molecular weight is 367 g/mol. The normalized spacial score (nSPS) is 29.9. The highest BCUT2D eigenvalue weighted by molar-refractivity contribution is 5.87. The second-order valence-corrected chi connectivity index (χ2v) is 8.12. The number of nitriles is 1. The third-order valence-corrected chi connectivity index (χ3v) is 6.50. The van der Waals surface area contributed by atoms with Gasteiger partial charge in [-0.05, 0) is 74.5 Å². The zero-order chi connectivity index (χ0) is 19.0. The maximum Gasteiger partial charge on any atom is 0.331 e. The molecule has 3 atom stereocenters. The number of carbonyl (C=O) groups is 1. The van der Waals surface area contributed by atoms with E-state index in [0.29, 0.717) is 30.6 Å². The first-order valence-electron chi connectivity index (χ1n) is 9.75. The molecular formula is C22H25NO4. The third kappa shape index (κ3) is 3.18. The molecule has 2 fully saturated rings. The molecule has 0 amide bonds. The molecular weight excluding hydrogens is 342 g/mol. The number of hydrogen-bond donors (Lipinski definition) is 1. The fraction of sp³-hybridized carbons (Fsp3) is 0.545. The first-order chi connectivity index (χ1) is 13.0. The van der Waals surface area contributed by atoms with E-state index >= 15 is 0 Å². The van der Waals surface area contributed by atoms with Crippen LogP contribution in [0.15, 0.2) is 29.8 Å². The number of aliphatic carboxylic acids is 1. The summed E-state index contributed by atoms with van der Waals surface area (Å²) in [6.07, 6.45) is 8.50. The molecule has 0 aliphatic heterocycles.